The van der Waals surface area contributed by atoms with Gasteiger partial charge in [0.25, 0.3) is 5.91 Å². The van der Waals surface area contributed by atoms with Gasteiger partial charge in [-0.1, -0.05) is 30.4 Å². The Morgan fingerprint density at radius 2 is 1.95 bits per heavy atom. The van der Waals surface area contributed by atoms with E-state index >= 15 is 0 Å². The normalized spacial score (nSPS) is 21.1. The summed E-state index contributed by atoms with van der Waals surface area (Å²) in [5, 5.41) is 5.71. The molecule has 100 valence electrons. The monoisotopic (exact) mass is 258 g/mol. The molecule has 0 saturated carbocycles. The van der Waals surface area contributed by atoms with Crippen molar-refractivity contribution in [2.75, 3.05) is 6.54 Å². The number of nitrogens with one attached hydrogen (secondary N) is 2. The molecule has 1 aromatic rings. The van der Waals surface area contributed by atoms with Crippen LogP contribution in [0.25, 0.3) is 0 Å². The van der Waals surface area contributed by atoms with Gasteiger partial charge in [0, 0.05) is 18.2 Å². The van der Waals surface area contributed by atoms with E-state index in [1.165, 1.54) is 0 Å². The van der Waals surface area contributed by atoms with Gasteiger partial charge >= 0.3 is 0 Å². The van der Waals surface area contributed by atoms with E-state index in [0.29, 0.717) is 18.5 Å². The maximum Gasteiger partial charge on any atom is 0.251 e. The fraction of sp³-hybridized carbons (Fsp3) is 0.333. The number of carbonyl (C=O) groups excluding carboxylic acids is 2. The second-order valence-electron chi connectivity index (χ2n) is 4.57. The first-order chi connectivity index (χ1) is 9.20. The maximum atomic E-state index is 12.0. The molecule has 0 fully saturated rings. The molecule has 1 unspecified atom stereocenters. The molecule has 19 heavy (non-hydrogen) atoms. The predicted octanol–water partition coefficient (Wildman–Crippen LogP) is 1.50. The van der Waals surface area contributed by atoms with E-state index in [-0.39, 0.29) is 23.8 Å². The Hall–Kier alpha value is -2.10. The third-order valence-electron chi connectivity index (χ3n) is 3.12. The molecule has 0 bridgehead atoms. The van der Waals surface area contributed by atoms with Gasteiger partial charge < -0.3 is 10.6 Å². The van der Waals surface area contributed by atoms with Gasteiger partial charge in [-0.25, -0.2) is 0 Å². The molecule has 4 nitrogen and oxygen atoms in total. The molecule has 2 atom stereocenters. The van der Waals surface area contributed by atoms with Crippen molar-refractivity contribution in [3.8, 4) is 0 Å². The summed E-state index contributed by atoms with van der Waals surface area (Å²) in [5.41, 5.74) is 0.636. The molecule has 0 aliphatic heterocycles. The van der Waals surface area contributed by atoms with Gasteiger partial charge in [-0.2, -0.15) is 0 Å². The van der Waals surface area contributed by atoms with Gasteiger partial charge in [0.15, 0.2) is 0 Å². The van der Waals surface area contributed by atoms with E-state index in [4.69, 9.17) is 0 Å². The van der Waals surface area contributed by atoms with Crippen molar-refractivity contribution in [2.24, 2.45) is 5.92 Å². The van der Waals surface area contributed by atoms with E-state index in [9.17, 15) is 9.59 Å². The van der Waals surface area contributed by atoms with Crippen LogP contribution in [-0.2, 0) is 4.79 Å². The van der Waals surface area contributed by atoms with E-state index < -0.39 is 0 Å². The van der Waals surface area contributed by atoms with Crippen LogP contribution in [0, 0.1) is 5.92 Å². The third kappa shape index (κ3) is 3.44. The second-order valence-corrected chi connectivity index (χ2v) is 4.57. The SMILES string of the molecule is CCNC(=O)C1C=C[C@H](NC(=O)c2ccccc2)C1. The van der Waals surface area contributed by atoms with Gasteiger partial charge in [0.1, 0.15) is 0 Å². The zero-order valence-corrected chi connectivity index (χ0v) is 10.9. The summed E-state index contributed by atoms with van der Waals surface area (Å²) in [5.74, 6) is -0.219. The lowest BCUT2D eigenvalue weighted by Crippen LogP contribution is -2.35. The third-order valence-corrected chi connectivity index (χ3v) is 3.12. The Bertz CT molecular complexity index is 482. The van der Waals surface area contributed by atoms with Gasteiger partial charge in [-0.3, -0.25) is 9.59 Å². The lowest BCUT2D eigenvalue weighted by molar-refractivity contribution is -0.123. The minimum absolute atomic E-state index is 0.0233. The molecular weight excluding hydrogens is 240 g/mol. The Kier molecular flexibility index (Phi) is 4.34. The topological polar surface area (TPSA) is 58.2 Å². The average molecular weight is 258 g/mol. The molecule has 2 amide bonds. The molecule has 1 aromatic carbocycles. The minimum Gasteiger partial charge on any atom is -0.356 e. The molecule has 0 radical (unpaired) electrons. The highest BCUT2D eigenvalue weighted by molar-refractivity contribution is 5.94. The molecule has 0 saturated heterocycles. The lowest BCUT2D eigenvalue weighted by Gasteiger charge is -2.13. The van der Waals surface area contributed by atoms with Crippen molar-refractivity contribution in [2.45, 2.75) is 19.4 Å². The van der Waals surface area contributed by atoms with Crippen LogP contribution in [0.2, 0.25) is 0 Å². The largest absolute Gasteiger partial charge is 0.356 e. The van der Waals surface area contributed by atoms with Crippen molar-refractivity contribution in [3.63, 3.8) is 0 Å². The number of hydrogen-bond donors (Lipinski definition) is 2. The van der Waals surface area contributed by atoms with E-state index in [1.807, 2.05) is 37.3 Å². The highest BCUT2D eigenvalue weighted by atomic mass is 16.2. The number of benzene rings is 1. The molecule has 4 heteroatoms. The molecule has 0 heterocycles. The Labute approximate surface area is 112 Å². The van der Waals surface area contributed by atoms with E-state index in [1.54, 1.807) is 12.1 Å². The molecule has 1 aliphatic rings. The first-order valence-corrected chi connectivity index (χ1v) is 6.52. The number of hydrogen-bond acceptors (Lipinski definition) is 2. The van der Waals surface area contributed by atoms with Gasteiger partial charge in [0.2, 0.25) is 5.91 Å². The second kappa shape index (κ2) is 6.18. The Morgan fingerprint density at radius 1 is 1.21 bits per heavy atom. The van der Waals surface area contributed by atoms with Crippen LogP contribution >= 0.6 is 0 Å². The number of carbonyl (C=O) groups is 2. The lowest BCUT2D eigenvalue weighted by atomic mass is 10.1. The van der Waals surface area contributed by atoms with Crippen LogP contribution in [0.3, 0.4) is 0 Å². The Balaban J connectivity index is 1.88. The van der Waals surface area contributed by atoms with Gasteiger partial charge in [-0.05, 0) is 25.5 Å². The van der Waals surface area contributed by atoms with Crippen molar-refractivity contribution >= 4 is 11.8 Å². The molecule has 0 aromatic heterocycles. The van der Waals surface area contributed by atoms with Crippen LogP contribution in [0.4, 0.5) is 0 Å². The maximum absolute atomic E-state index is 12.0. The first-order valence-electron chi connectivity index (χ1n) is 6.52. The average Bonchev–Trinajstić information content (AvgIpc) is 2.88. The van der Waals surface area contributed by atoms with Gasteiger partial charge in [-0.15, -0.1) is 0 Å². The summed E-state index contributed by atoms with van der Waals surface area (Å²) in [6, 6.07) is 9.01. The zero-order chi connectivity index (χ0) is 13.7. The van der Waals surface area contributed by atoms with Crippen molar-refractivity contribution in [1.82, 2.24) is 10.6 Å². The predicted molar refractivity (Wildman–Crippen MR) is 73.6 cm³/mol. The summed E-state index contributed by atoms with van der Waals surface area (Å²) < 4.78 is 0. The highest BCUT2D eigenvalue weighted by Crippen LogP contribution is 2.18. The minimum atomic E-state index is -0.138. The fourth-order valence-electron chi connectivity index (χ4n) is 2.15. The number of rotatable bonds is 4. The molecule has 1 aliphatic carbocycles. The summed E-state index contributed by atoms with van der Waals surface area (Å²) in [4.78, 5) is 23.6. The van der Waals surface area contributed by atoms with Gasteiger partial charge in [0.05, 0.1) is 5.92 Å². The van der Waals surface area contributed by atoms with Crippen LogP contribution in [-0.4, -0.2) is 24.4 Å². The number of amides is 2. The first kappa shape index (κ1) is 13.3. The van der Waals surface area contributed by atoms with Crippen LogP contribution < -0.4 is 10.6 Å². The summed E-state index contributed by atoms with van der Waals surface area (Å²) in [6.07, 6.45) is 4.38. The van der Waals surface area contributed by atoms with E-state index in [0.717, 1.165) is 0 Å². The summed E-state index contributed by atoms with van der Waals surface area (Å²) >= 11 is 0. The smallest absolute Gasteiger partial charge is 0.251 e. The van der Waals surface area contributed by atoms with Crippen molar-refractivity contribution in [1.29, 1.82) is 0 Å². The van der Waals surface area contributed by atoms with Crippen LogP contribution in [0.15, 0.2) is 42.5 Å². The van der Waals surface area contributed by atoms with Crippen molar-refractivity contribution in [3.05, 3.63) is 48.0 Å². The highest BCUT2D eigenvalue weighted by Gasteiger charge is 2.25. The fourth-order valence-corrected chi connectivity index (χ4v) is 2.15. The van der Waals surface area contributed by atoms with E-state index in [2.05, 4.69) is 10.6 Å². The summed E-state index contributed by atoms with van der Waals surface area (Å²) in [7, 11) is 0. The van der Waals surface area contributed by atoms with Crippen molar-refractivity contribution < 1.29 is 9.59 Å². The van der Waals surface area contributed by atoms with Crippen LogP contribution in [0.1, 0.15) is 23.7 Å². The standard InChI is InChI=1S/C15H18N2O2/c1-2-16-14(18)12-8-9-13(10-12)17-15(19)11-6-4-3-5-7-11/h3-9,12-13H,2,10H2,1H3,(H,16,18)(H,17,19)/t12?,13-/m0/s1. The molecule has 2 N–H and O–H groups in total. The quantitative estimate of drug-likeness (QED) is 0.804. The zero-order valence-electron chi connectivity index (χ0n) is 10.9. The van der Waals surface area contributed by atoms with Crippen LogP contribution in [0.5, 0.6) is 0 Å². The molecule has 2 rings (SSSR count). The molecular formula is C15H18N2O2. The summed E-state index contributed by atoms with van der Waals surface area (Å²) in [6.45, 7) is 2.52. The Morgan fingerprint density at radius 3 is 2.63 bits per heavy atom. The molecule has 0 spiro atoms.